The summed E-state index contributed by atoms with van der Waals surface area (Å²) in [7, 11) is 0. The van der Waals surface area contributed by atoms with Gasteiger partial charge in [-0.15, -0.1) is 0 Å². The van der Waals surface area contributed by atoms with E-state index in [-0.39, 0.29) is 11.9 Å². The molecule has 6 heteroatoms. The van der Waals surface area contributed by atoms with E-state index >= 15 is 0 Å². The Bertz CT molecular complexity index is 997. The average Bonchev–Trinajstić information content (AvgIpc) is 2.85. The first-order valence-corrected chi connectivity index (χ1v) is 12.5. The largest absolute Gasteiger partial charge is 0.368 e. The van der Waals surface area contributed by atoms with Crippen LogP contribution in [-0.4, -0.2) is 54.5 Å². The number of hydrogen-bond acceptors (Lipinski definition) is 4. The fraction of sp³-hybridized carbons (Fsp3) is 0.500. The van der Waals surface area contributed by atoms with Gasteiger partial charge in [-0.1, -0.05) is 30.3 Å². The number of anilines is 1. The van der Waals surface area contributed by atoms with Gasteiger partial charge in [0.05, 0.1) is 11.6 Å². The number of piperazine rings is 1. The number of halogens is 1. The van der Waals surface area contributed by atoms with E-state index in [0.717, 1.165) is 38.4 Å². The van der Waals surface area contributed by atoms with Gasteiger partial charge in [0, 0.05) is 44.3 Å². The first-order chi connectivity index (χ1) is 16.5. The summed E-state index contributed by atoms with van der Waals surface area (Å²) in [5, 5.41) is 9.11. The van der Waals surface area contributed by atoms with Gasteiger partial charge < -0.3 is 9.80 Å². The van der Waals surface area contributed by atoms with Gasteiger partial charge in [0.2, 0.25) is 5.91 Å². The van der Waals surface area contributed by atoms with Gasteiger partial charge >= 0.3 is 0 Å². The summed E-state index contributed by atoms with van der Waals surface area (Å²) in [6.45, 7) is 7.31. The third-order valence-corrected chi connectivity index (χ3v) is 7.28. The molecule has 0 saturated carbocycles. The molecule has 1 atom stereocenters. The van der Waals surface area contributed by atoms with Gasteiger partial charge in [0.1, 0.15) is 5.82 Å². The minimum Gasteiger partial charge on any atom is -0.368 e. The summed E-state index contributed by atoms with van der Waals surface area (Å²) in [5.74, 6) is 0.549. The zero-order valence-corrected chi connectivity index (χ0v) is 20.1. The minimum absolute atomic E-state index is 0.0660. The lowest BCUT2D eigenvalue weighted by molar-refractivity contribution is -0.133. The molecule has 4 rings (SSSR count). The van der Waals surface area contributed by atoms with Crippen molar-refractivity contribution >= 4 is 11.6 Å². The molecule has 1 amide bonds. The molecule has 2 heterocycles. The number of likely N-dealkylation sites (tertiary alicyclic amines) is 1. The van der Waals surface area contributed by atoms with Gasteiger partial charge in [0.15, 0.2) is 0 Å². The molecule has 0 bridgehead atoms. The summed E-state index contributed by atoms with van der Waals surface area (Å²) in [4.78, 5) is 19.5. The molecule has 2 aliphatic heterocycles. The standard InChI is InChI=1S/C28H35FN4O/c1-22-20-32(27-17-25(19-30)16-26(29)18-27)14-15-33(22)28(34)9-5-8-23-10-12-31(13-11-23)21-24-6-3-2-4-7-24/h2-4,6-7,16-18,22-23H,5,8-15,20-21H2,1H3/t22-/m1/s1. The molecule has 0 radical (unpaired) electrons. The normalized spacial score (nSPS) is 19.7. The maximum atomic E-state index is 13.8. The summed E-state index contributed by atoms with van der Waals surface area (Å²) in [5.41, 5.74) is 2.42. The molecule has 0 aromatic heterocycles. The third kappa shape index (κ3) is 6.36. The number of rotatable bonds is 7. The van der Waals surface area contributed by atoms with Gasteiger partial charge in [-0.05, 0) is 75.4 Å². The lowest BCUT2D eigenvalue weighted by atomic mass is 9.91. The Hall–Kier alpha value is -2.91. The first-order valence-electron chi connectivity index (χ1n) is 12.5. The first kappa shape index (κ1) is 24.2. The van der Waals surface area contributed by atoms with Crippen LogP contribution in [-0.2, 0) is 11.3 Å². The number of benzene rings is 2. The van der Waals surface area contributed by atoms with Crippen molar-refractivity contribution in [3.8, 4) is 6.07 Å². The number of carbonyl (C=O) groups excluding carboxylic acids is 1. The zero-order chi connectivity index (χ0) is 23.9. The smallest absolute Gasteiger partial charge is 0.222 e. The Morgan fingerprint density at radius 3 is 2.56 bits per heavy atom. The number of nitriles is 1. The van der Waals surface area contributed by atoms with E-state index in [4.69, 9.17) is 5.26 Å². The molecule has 0 unspecified atom stereocenters. The van der Waals surface area contributed by atoms with Crippen LogP contribution in [0.15, 0.2) is 48.5 Å². The van der Waals surface area contributed by atoms with Gasteiger partial charge in [-0.25, -0.2) is 4.39 Å². The Morgan fingerprint density at radius 1 is 1.09 bits per heavy atom. The predicted octanol–water partition coefficient (Wildman–Crippen LogP) is 4.82. The van der Waals surface area contributed by atoms with Crippen LogP contribution < -0.4 is 4.90 Å². The van der Waals surface area contributed by atoms with Crippen molar-refractivity contribution in [1.29, 1.82) is 5.26 Å². The van der Waals surface area contributed by atoms with Crippen molar-refractivity contribution in [2.24, 2.45) is 5.92 Å². The highest BCUT2D eigenvalue weighted by atomic mass is 19.1. The molecule has 2 aromatic rings. The average molecular weight is 463 g/mol. The molecule has 2 aromatic carbocycles. The molecular weight excluding hydrogens is 427 g/mol. The molecule has 2 fully saturated rings. The Kier molecular flexibility index (Phi) is 8.18. The van der Waals surface area contributed by atoms with Crippen LogP contribution in [0, 0.1) is 23.1 Å². The van der Waals surface area contributed by atoms with E-state index in [1.165, 1.54) is 30.5 Å². The van der Waals surface area contributed by atoms with E-state index < -0.39 is 5.82 Å². The monoisotopic (exact) mass is 462 g/mol. The topological polar surface area (TPSA) is 50.6 Å². The maximum Gasteiger partial charge on any atom is 0.222 e. The van der Waals surface area contributed by atoms with Crippen molar-refractivity contribution in [1.82, 2.24) is 9.80 Å². The molecule has 5 nitrogen and oxygen atoms in total. The van der Waals surface area contributed by atoms with E-state index in [2.05, 4.69) is 47.1 Å². The van der Waals surface area contributed by atoms with Crippen LogP contribution >= 0.6 is 0 Å². The number of piperidine rings is 1. The second-order valence-corrected chi connectivity index (χ2v) is 9.79. The van der Waals surface area contributed by atoms with Crippen molar-refractivity contribution in [2.75, 3.05) is 37.6 Å². The summed E-state index contributed by atoms with van der Waals surface area (Å²) < 4.78 is 13.8. The van der Waals surface area contributed by atoms with Crippen LogP contribution in [0.2, 0.25) is 0 Å². The van der Waals surface area contributed by atoms with Gasteiger partial charge in [0.25, 0.3) is 0 Å². The number of carbonyl (C=O) groups is 1. The minimum atomic E-state index is -0.397. The number of hydrogen-bond donors (Lipinski definition) is 0. The molecule has 180 valence electrons. The van der Waals surface area contributed by atoms with Crippen LogP contribution in [0.5, 0.6) is 0 Å². The van der Waals surface area contributed by atoms with Crippen molar-refractivity contribution in [3.05, 3.63) is 65.5 Å². The summed E-state index contributed by atoms with van der Waals surface area (Å²) >= 11 is 0. The summed E-state index contributed by atoms with van der Waals surface area (Å²) in [6, 6.07) is 17.2. The quantitative estimate of drug-likeness (QED) is 0.592. The second-order valence-electron chi connectivity index (χ2n) is 9.79. The number of amides is 1. The predicted molar refractivity (Wildman–Crippen MR) is 133 cm³/mol. The molecule has 2 aliphatic rings. The molecule has 0 N–H and O–H groups in total. The van der Waals surface area contributed by atoms with E-state index in [1.54, 1.807) is 6.07 Å². The fourth-order valence-electron chi connectivity index (χ4n) is 5.34. The Labute approximate surface area is 202 Å². The third-order valence-electron chi connectivity index (χ3n) is 7.28. The Balaban J connectivity index is 1.17. The second kappa shape index (κ2) is 11.5. The van der Waals surface area contributed by atoms with Crippen LogP contribution in [0.3, 0.4) is 0 Å². The highest BCUT2D eigenvalue weighted by Gasteiger charge is 2.28. The lowest BCUT2D eigenvalue weighted by Gasteiger charge is -2.41. The number of nitrogens with zero attached hydrogens (tertiary/aromatic N) is 4. The van der Waals surface area contributed by atoms with Crippen molar-refractivity contribution in [3.63, 3.8) is 0 Å². The summed E-state index contributed by atoms with van der Waals surface area (Å²) in [6.07, 6.45) is 5.11. The molecule has 0 spiro atoms. The van der Waals surface area contributed by atoms with Crippen LogP contribution in [0.1, 0.15) is 50.2 Å². The van der Waals surface area contributed by atoms with Gasteiger partial charge in [-0.2, -0.15) is 5.26 Å². The van der Waals surface area contributed by atoms with Crippen LogP contribution in [0.4, 0.5) is 10.1 Å². The van der Waals surface area contributed by atoms with Crippen LogP contribution in [0.25, 0.3) is 0 Å². The molecule has 34 heavy (non-hydrogen) atoms. The van der Waals surface area contributed by atoms with E-state index in [9.17, 15) is 9.18 Å². The molecule has 0 aliphatic carbocycles. The van der Waals surface area contributed by atoms with E-state index in [1.807, 2.05) is 11.0 Å². The lowest BCUT2D eigenvalue weighted by Crippen LogP contribution is -2.54. The fourth-order valence-corrected chi connectivity index (χ4v) is 5.34. The van der Waals surface area contributed by atoms with E-state index in [0.29, 0.717) is 37.3 Å². The molecule has 2 saturated heterocycles. The highest BCUT2D eigenvalue weighted by molar-refractivity contribution is 5.77. The van der Waals surface area contributed by atoms with Crippen molar-refractivity contribution < 1.29 is 9.18 Å². The molecular formula is C28H35FN4O. The zero-order valence-electron chi connectivity index (χ0n) is 20.1. The van der Waals surface area contributed by atoms with Crippen molar-refractivity contribution in [2.45, 2.75) is 51.6 Å². The van der Waals surface area contributed by atoms with Gasteiger partial charge in [-0.3, -0.25) is 9.69 Å². The SMILES string of the molecule is C[C@@H]1CN(c2cc(F)cc(C#N)c2)CCN1C(=O)CCCC1CCN(Cc2ccccc2)CC1. The Morgan fingerprint density at radius 2 is 1.85 bits per heavy atom. The highest BCUT2D eigenvalue weighted by Crippen LogP contribution is 2.25. The maximum absolute atomic E-state index is 13.8.